The van der Waals surface area contributed by atoms with Crippen LogP contribution in [-0.2, 0) is 0 Å². The van der Waals surface area contributed by atoms with Gasteiger partial charge in [0.25, 0.3) is 0 Å². The van der Waals surface area contributed by atoms with E-state index in [1.54, 1.807) is 6.07 Å². The molecule has 0 fully saturated rings. The Labute approximate surface area is 117 Å². The number of aromatic nitrogens is 2. The largest absolute Gasteiger partial charge is 0.478 e. The minimum Gasteiger partial charge on any atom is -0.478 e. The van der Waals surface area contributed by atoms with Crippen LogP contribution < -0.4 is 0 Å². The third-order valence-electron chi connectivity index (χ3n) is 2.87. The number of pyridine rings is 1. The van der Waals surface area contributed by atoms with Crippen molar-refractivity contribution >= 4 is 32.8 Å². The molecule has 0 bridgehead atoms. The summed E-state index contributed by atoms with van der Waals surface area (Å²) in [6.07, 6.45) is 1.50. The van der Waals surface area contributed by atoms with Gasteiger partial charge in [-0.05, 0) is 30.3 Å². The van der Waals surface area contributed by atoms with E-state index in [-0.39, 0.29) is 5.56 Å². The molecule has 0 aliphatic carbocycles. The number of carboxylic acids is 1. The van der Waals surface area contributed by atoms with E-state index in [1.807, 2.05) is 24.3 Å². The lowest BCUT2D eigenvalue weighted by atomic mass is 10.2. The van der Waals surface area contributed by atoms with Crippen LogP contribution in [0.2, 0.25) is 0 Å². The molecular weight excluding hydrogens is 308 g/mol. The molecule has 94 valence electrons. The van der Waals surface area contributed by atoms with E-state index in [2.05, 4.69) is 25.9 Å². The van der Waals surface area contributed by atoms with Crippen LogP contribution in [0.25, 0.3) is 22.3 Å². The summed E-state index contributed by atoms with van der Waals surface area (Å²) in [7, 11) is 0. The van der Waals surface area contributed by atoms with E-state index >= 15 is 0 Å². The summed E-state index contributed by atoms with van der Waals surface area (Å²) in [6, 6.07) is 10.9. The second-order valence-corrected chi connectivity index (χ2v) is 5.07. The molecule has 19 heavy (non-hydrogen) atoms. The van der Waals surface area contributed by atoms with E-state index in [4.69, 9.17) is 5.11 Å². The second kappa shape index (κ2) is 4.51. The predicted molar refractivity (Wildman–Crippen MR) is 76.2 cm³/mol. The number of nitrogens with zero attached hydrogens (tertiary/aromatic N) is 1. The fourth-order valence-corrected chi connectivity index (χ4v) is 2.31. The molecule has 4 nitrogen and oxygen atoms in total. The highest BCUT2D eigenvalue weighted by molar-refractivity contribution is 9.10. The number of hydrogen-bond acceptors (Lipinski definition) is 2. The Kier molecular flexibility index (Phi) is 2.83. The Hall–Kier alpha value is -2.14. The zero-order valence-electron chi connectivity index (χ0n) is 9.72. The molecule has 1 aromatic carbocycles. The van der Waals surface area contributed by atoms with Crippen molar-refractivity contribution < 1.29 is 9.90 Å². The highest BCUT2D eigenvalue weighted by Gasteiger charge is 2.08. The van der Waals surface area contributed by atoms with E-state index < -0.39 is 5.97 Å². The number of H-pyrrole nitrogens is 1. The summed E-state index contributed by atoms with van der Waals surface area (Å²) in [6.45, 7) is 0. The summed E-state index contributed by atoms with van der Waals surface area (Å²) in [4.78, 5) is 18.4. The summed E-state index contributed by atoms with van der Waals surface area (Å²) in [5.74, 6) is -0.956. The molecule has 0 amide bonds. The molecule has 0 spiro atoms. The highest BCUT2D eigenvalue weighted by atomic mass is 79.9. The average molecular weight is 317 g/mol. The summed E-state index contributed by atoms with van der Waals surface area (Å²) < 4.78 is 0.987. The van der Waals surface area contributed by atoms with Gasteiger partial charge in [-0.3, -0.25) is 4.98 Å². The van der Waals surface area contributed by atoms with Crippen molar-refractivity contribution in [2.45, 2.75) is 0 Å². The SMILES string of the molecule is O=C(O)c1ccnc(-c2cc3ccc(Br)cc3[nH]2)c1. The first-order valence-corrected chi connectivity index (χ1v) is 6.41. The molecule has 0 aliphatic heterocycles. The number of benzene rings is 1. The first-order chi connectivity index (χ1) is 9.13. The number of aromatic carboxylic acids is 1. The predicted octanol–water partition coefficient (Wildman–Crippen LogP) is 3.69. The Balaban J connectivity index is 2.13. The van der Waals surface area contributed by atoms with Gasteiger partial charge in [-0.2, -0.15) is 0 Å². The molecular formula is C14H9BrN2O2. The number of rotatable bonds is 2. The van der Waals surface area contributed by atoms with Crippen LogP contribution in [0.3, 0.4) is 0 Å². The van der Waals surface area contributed by atoms with Crippen molar-refractivity contribution in [1.29, 1.82) is 0 Å². The van der Waals surface area contributed by atoms with E-state index in [9.17, 15) is 4.79 Å². The zero-order valence-corrected chi connectivity index (χ0v) is 11.3. The van der Waals surface area contributed by atoms with Gasteiger partial charge < -0.3 is 10.1 Å². The van der Waals surface area contributed by atoms with Crippen LogP contribution >= 0.6 is 15.9 Å². The molecule has 0 unspecified atom stereocenters. The number of nitrogens with one attached hydrogen (secondary N) is 1. The number of halogens is 1. The topological polar surface area (TPSA) is 66.0 Å². The quantitative estimate of drug-likeness (QED) is 0.757. The lowest BCUT2D eigenvalue weighted by molar-refractivity contribution is 0.0697. The van der Waals surface area contributed by atoms with Gasteiger partial charge in [-0.25, -0.2) is 4.79 Å². The molecule has 5 heteroatoms. The molecule has 0 saturated carbocycles. The first kappa shape index (κ1) is 11.9. The Morgan fingerprint density at radius 3 is 2.84 bits per heavy atom. The van der Waals surface area contributed by atoms with Gasteiger partial charge in [0.05, 0.1) is 17.0 Å². The molecule has 0 atom stereocenters. The van der Waals surface area contributed by atoms with Gasteiger partial charge in [0.15, 0.2) is 0 Å². The molecule has 3 rings (SSSR count). The lowest BCUT2D eigenvalue weighted by Crippen LogP contribution is -1.97. The van der Waals surface area contributed by atoms with Gasteiger partial charge in [-0.15, -0.1) is 0 Å². The number of fused-ring (bicyclic) bond motifs is 1. The number of aromatic amines is 1. The van der Waals surface area contributed by atoms with E-state index in [0.717, 1.165) is 21.1 Å². The van der Waals surface area contributed by atoms with Crippen LogP contribution in [0.15, 0.2) is 47.1 Å². The van der Waals surface area contributed by atoms with Crippen molar-refractivity contribution in [2.24, 2.45) is 0 Å². The van der Waals surface area contributed by atoms with Crippen molar-refractivity contribution in [3.05, 3.63) is 52.6 Å². The van der Waals surface area contributed by atoms with Crippen molar-refractivity contribution in [1.82, 2.24) is 9.97 Å². The molecule has 2 heterocycles. The maximum atomic E-state index is 11.0. The van der Waals surface area contributed by atoms with Crippen LogP contribution in [0.1, 0.15) is 10.4 Å². The Bertz CT molecular complexity index is 780. The lowest BCUT2D eigenvalue weighted by Gasteiger charge is -1.98. The van der Waals surface area contributed by atoms with Gasteiger partial charge >= 0.3 is 5.97 Å². The van der Waals surface area contributed by atoms with Crippen molar-refractivity contribution in [2.75, 3.05) is 0 Å². The minimum atomic E-state index is -0.956. The highest BCUT2D eigenvalue weighted by Crippen LogP contribution is 2.25. The van der Waals surface area contributed by atoms with Crippen molar-refractivity contribution in [3.63, 3.8) is 0 Å². The Morgan fingerprint density at radius 2 is 2.05 bits per heavy atom. The summed E-state index contributed by atoms with van der Waals surface area (Å²) >= 11 is 3.42. The fraction of sp³-hybridized carbons (Fsp3) is 0. The maximum absolute atomic E-state index is 11.0. The minimum absolute atomic E-state index is 0.227. The molecule has 0 aliphatic rings. The van der Waals surface area contributed by atoms with E-state index in [1.165, 1.54) is 12.3 Å². The standard InChI is InChI=1S/C14H9BrN2O2/c15-10-2-1-8-5-13(17-11(8)7-10)12-6-9(14(18)19)3-4-16-12/h1-7,17H,(H,18,19). The summed E-state index contributed by atoms with van der Waals surface area (Å²) in [5, 5.41) is 10.0. The monoisotopic (exact) mass is 316 g/mol. The van der Waals surface area contributed by atoms with Gasteiger partial charge in [0.2, 0.25) is 0 Å². The molecule has 2 aromatic heterocycles. The van der Waals surface area contributed by atoms with Crippen LogP contribution in [0, 0.1) is 0 Å². The number of carboxylic acid groups (broad SMARTS) is 1. The Morgan fingerprint density at radius 1 is 1.21 bits per heavy atom. The van der Waals surface area contributed by atoms with Gasteiger partial charge in [0, 0.05) is 21.6 Å². The summed E-state index contributed by atoms with van der Waals surface area (Å²) in [5.41, 5.74) is 2.63. The fourth-order valence-electron chi connectivity index (χ4n) is 1.95. The third-order valence-corrected chi connectivity index (χ3v) is 3.36. The van der Waals surface area contributed by atoms with E-state index in [0.29, 0.717) is 5.69 Å². The second-order valence-electron chi connectivity index (χ2n) is 4.15. The van der Waals surface area contributed by atoms with Crippen molar-refractivity contribution in [3.8, 4) is 11.4 Å². The smallest absolute Gasteiger partial charge is 0.335 e. The first-order valence-electron chi connectivity index (χ1n) is 5.61. The van der Waals surface area contributed by atoms with Gasteiger partial charge in [0.1, 0.15) is 0 Å². The molecule has 3 aromatic rings. The number of hydrogen-bond donors (Lipinski definition) is 2. The average Bonchev–Trinajstić information content (AvgIpc) is 2.81. The van der Waals surface area contributed by atoms with Gasteiger partial charge in [-0.1, -0.05) is 22.0 Å². The van der Waals surface area contributed by atoms with Crippen LogP contribution in [0.5, 0.6) is 0 Å². The zero-order chi connectivity index (χ0) is 13.4. The molecule has 0 radical (unpaired) electrons. The molecule has 0 saturated heterocycles. The number of carbonyl (C=O) groups is 1. The molecule has 2 N–H and O–H groups in total. The third kappa shape index (κ3) is 2.24. The maximum Gasteiger partial charge on any atom is 0.335 e. The normalized spacial score (nSPS) is 10.8. The van der Waals surface area contributed by atoms with Crippen LogP contribution in [0.4, 0.5) is 0 Å². The van der Waals surface area contributed by atoms with Crippen LogP contribution in [-0.4, -0.2) is 21.0 Å².